The molecule has 0 fully saturated rings. The Morgan fingerprint density at radius 1 is 1.00 bits per heavy atom. The third-order valence-electron chi connectivity index (χ3n) is 6.16. The zero-order valence-electron chi connectivity index (χ0n) is 17.0. The normalized spacial score (nSPS) is 21.8. The molecule has 2 N–H and O–H groups in total. The van der Waals surface area contributed by atoms with Crippen LogP contribution in [0.1, 0.15) is 35.1 Å². The van der Waals surface area contributed by atoms with Gasteiger partial charge in [0.05, 0.1) is 10.9 Å². The molecule has 1 aliphatic heterocycles. The molecule has 0 amide bonds. The number of sulfonamides is 1. The third-order valence-corrected chi connectivity index (χ3v) is 7.53. The number of allylic oxidation sites excluding steroid dienone is 2. The van der Waals surface area contributed by atoms with Crippen molar-refractivity contribution in [2.24, 2.45) is 5.92 Å². The average molecular weight is 435 g/mol. The van der Waals surface area contributed by atoms with E-state index in [2.05, 4.69) is 22.2 Å². The molecule has 31 heavy (non-hydrogen) atoms. The van der Waals surface area contributed by atoms with E-state index in [-0.39, 0.29) is 28.6 Å². The van der Waals surface area contributed by atoms with Gasteiger partial charge < -0.3 is 5.32 Å². The summed E-state index contributed by atoms with van der Waals surface area (Å²) in [6.45, 7) is 1.92. The highest BCUT2D eigenvalue weighted by atomic mass is 32.2. The van der Waals surface area contributed by atoms with E-state index in [1.807, 2.05) is 31.2 Å². The first-order chi connectivity index (χ1) is 14.9. The van der Waals surface area contributed by atoms with Gasteiger partial charge in [-0.25, -0.2) is 12.8 Å². The number of fused-ring (bicyclic) bond motifs is 3. The van der Waals surface area contributed by atoms with Gasteiger partial charge in [0.1, 0.15) is 5.82 Å². The number of anilines is 2. The number of aryl methyl sites for hydroxylation is 1. The monoisotopic (exact) mass is 434 g/mol. The van der Waals surface area contributed by atoms with Crippen LogP contribution in [0.3, 0.4) is 0 Å². The van der Waals surface area contributed by atoms with Crippen LogP contribution < -0.4 is 10.0 Å². The van der Waals surface area contributed by atoms with Gasteiger partial charge in [-0.05, 0) is 66.8 Å². The molecule has 4 nitrogen and oxygen atoms in total. The van der Waals surface area contributed by atoms with Crippen molar-refractivity contribution in [1.82, 2.24) is 0 Å². The maximum atomic E-state index is 14.5. The summed E-state index contributed by atoms with van der Waals surface area (Å²) < 4.78 is 43.2. The van der Waals surface area contributed by atoms with Crippen molar-refractivity contribution in [3.63, 3.8) is 0 Å². The van der Waals surface area contributed by atoms with Crippen LogP contribution >= 0.6 is 0 Å². The number of hydrogen-bond donors (Lipinski definition) is 2. The second-order valence-corrected chi connectivity index (χ2v) is 9.90. The second kappa shape index (κ2) is 7.54. The Morgan fingerprint density at radius 3 is 2.65 bits per heavy atom. The number of halogens is 1. The summed E-state index contributed by atoms with van der Waals surface area (Å²) >= 11 is 0. The Kier molecular flexibility index (Phi) is 4.82. The van der Waals surface area contributed by atoms with Gasteiger partial charge in [0.15, 0.2) is 0 Å². The molecular weight excluding hydrogens is 411 g/mol. The lowest BCUT2D eigenvalue weighted by atomic mass is 9.77. The van der Waals surface area contributed by atoms with Crippen LogP contribution in [0, 0.1) is 18.7 Å². The van der Waals surface area contributed by atoms with E-state index in [0.29, 0.717) is 11.3 Å². The van der Waals surface area contributed by atoms with Crippen molar-refractivity contribution in [3.05, 3.63) is 101 Å². The molecular formula is C25H23FN2O2S. The van der Waals surface area contributed by atoms with Crippen molar-refractivity contribution in [3.8, 4) is 0 Å². The molecule has 0 spiro atoms. The summed E-state index contributed by atoms with van der Waals surface area (Å²) in [7, 11) is -3.73. The van der Waals surface area contributed by atoms with E-state index in [0.717, 1.165) is 23.2 Å². The molecule has 1 heterocycles. The molecule has 6 heteroatoms. The topological polar surface area (TPSA) is 58.2 Å². The molecule has 158 valence electrons. The molecule has 0 aromatic heterocycles. The minimum absolute atomic E-state index is 0.0370. The fraction of sp³-hybridized carbons (Fsp3) is 0.200. The van der Waals surface area contributed by atoms with Crippen LogP contribution in [0.2, 0.25) is 0 Å². The van der Waals surface area contributed by atoms with E-state index in [4.69, 9.17) is 0 Å². The summed E-state index contributed by atoms with van der Waals surface area (Å²) in [5, 5.41) is 3.47. The lowest BCUT2D eigenvalue weighted by molar-refractivity contribution is 0.413. The van der Waals surface area contributed by atoms with Crippen molar-refractivity contribution >= 4 is 21.4 Å². The van der Waals surface area contributed by atoms with E-state index in [1.165, 1.54) is 6.07 Å². The van der Waals surface area contributed by atoms with Crippen molar-refractivity contribution in [2.75, 3.05) is 10.0 Å². The first kappa shape index (κ1) is 19.8. The molecule has 1 aliphatic carbocycles. The molecule has 0 bridgehead atoms. The van der Waals surface area contributed by atoms with Crippen molar-refractivity contribution in [2.45, 2.75) is 30.2 Å². The van der Waals surface area contributed by atoms with Gasteiger partial charge in [0.2, 0.25) is 0 Å². The number of benzene rings is 3. The Hall–Kier alpha value is -3.12. The van der Waals surface area contributed by atoms with Gasteiger partial charge in [-0.2, -0.15) is 0 Å². The van der Waals surface area contributed by atoms with Crippen molar-refractivity contribution < 1.29 is 12.8 Å². The zero-order chi connectivity index (χ0) is 21.6. The van der Waals surface area contributed by atoms with Gasteiger partial charge in [-0.15, -0.1) is 0 Å². The lowest BCUT2D eigenvalue weighted by Gasteiger charge is -2.37. The minimum Gasteiger partial charge on any atom is -0.378 e. The highest BCUT2D eigenvalue weighted by molar-refractivity contribution is 7.92. The van der Waals surface area contributed by atoms with E-state index < -0.39 is 10.0 Å². The van der Waals surface area contributed by atoms with Gasteiger partial charge >= 0.3 is 0 Å². The SMILES string of the molecule is Cc1cccc(NS(=O)(=O)c2ccc3c(c2)[C@H]2C=CC[C@H]2[C@@H](c2ccccc2F)N3)c1. The largest absolute Gasteiger partial charge is 0.378 e. The summed E-state index contributed by atoms with van der Waals surface area (Å²) in [6, 6.07) is 19.1. The summed E-state index contributed by atoms with van der Waals surface area (Å²) in [5.74, 6) is -0.0577. The fourth-order valence-corrected chi connectivity index (χ4v) is 5.78. The molecule has 5 rings (SSSR count). The predicted octanol–water partition coefficient (Wildman–Crippen LogP) is 5.76. The average Bonchev–Trinajstić information content (AvgIpc) is 3.23. The molecule has 0 saturated heterocycles. The molecule has 0 saturated carbocycles. The van der Waals surface area contributed by atoms with Crippen LogP contribution in [0.15, 0.2) is 83.8 Å². The maximum Gasteiger partial charge on any atom is 0.261 e. The number of hydrogen-bond acceptors (Lipinski definition) is 3. The lowest BCUT2D eigenvalue weighted by Crippen LogP contribution is -2.30. The summed E-state index contributed by atoms with van der Waals surface area (Å²) in [6.07, 6.45) is 5.03. The Labute approximate surface area is 181 Å². The quantitative estimate of drug-likeness (QED) is 0.513. The molecule has 2 aliphatic rings. The van der Waals surface area contributed by atoms with Gasteiger partial charge in [-0.3, -0.25) is 4.72 Å². The third kappa shape index (κ3) is 3.61. The number of nitrogens with one attached hydrogen (secondary N) is 2. The maximum absolute atomic E-state index is 14.5. The first-order valence-electron chi connectivity index (χ1n) is 10.3. The fourth-order valence-electron chi connectivity index (χ4n) is 4.70. The highest BCUT2D eigenvalue weighted by Gasteiger charge is 2.39. The van der Waals surface area contributed by atoms with Crippen LogP contribution in [0.5, 0.6) is 0 Å². The van der Waals surface area contributed by atoms with E-state index >= 15 is 0 Å². The van der Waals surface area contributed by atoms with Gasteiger partial charge in [0.25, 0.3) is 10.0 Å². The first-order valence-corrected chi connectivity index (χ1v) is 11.8. The smallest absolute Gasteiger partial charge is 0.261 e. The predicted molar refractivity (Wildman–Crippen MR) is 121 cm³/mol. The summed E-state index contributed by atoms with van der Waals surface area (Å²) in [4.78, 5) is 0.220. The molecule has 0 unspecified atom stereocenters. The Balaban J connectivity index is 1.51. The highest BCUT2D eigenvalue weighted by Crippen LogP contribution is 2.50. The van der Waals surface area contributed by atoms with E-state index in [9.17, 15) is 12.8 Å². The van der Waals surface area contributed by atoms with Crippen LogP contribution in [0.25, 0.3) is 0 Å². The van der Waals surface area contributed by atoms with Crippen LogP contribution in [-0.2, 0) is 10.0 Å². The van der Waals surface area contributed by atoms with Crippen molar-refractivity contribution in [1.29, 1.82) is 0 Å². The summed E-state index contributed by atoms with van der Waals surface area (Å²) in [5.41, 5.74) is 3.93. The van der Waals surface area contributed by atoms with Gasteiger partial charge in [-0.1, -0.05) is 42.5 Å². The standard InChI is InChI=1S/C25H23FN2O2S/c1-16-6-4-7-17(14-16)28-31(29,30)18-12-13-24-22(15-18)19-9-5-10-20(19)25(27-24)21-8-2-3-11-23(21)26/h2-9,11-15,19-20,25,27-28H,10H2,1H3/t19-,20+,25-/m0/s1. The second-order valence-electron chi connectivity index (χ2n) is 8.22. The number of rotatable bonds is 4. The minimum atomic E-state index is -3.73. The van der Waals surface area contributed by atoms with Crippen LogP contribution in [-0.4, -0.2) is 8.42 Å². The molecule has 3 aromatic rings. The molecule has 3 atom stereocenters. The van der Waals surface area contributed by atoms with Gasteiger partial charge in [0, 0.05) is 22.9 Å². The molecule has 3 aromatic carbocycles. The van der Waals surface area contributed by atoms with Crippen LogP contribution in [0.4, 0.5) is 15.8 Å². The zero-order valence-corrected chi connectivity index (χ0v) is 17.9. The Bertz CT molecular complexity index is 1290. The molecule has 0 radical (unpaired) electrons. The van der Waals surface area contributed by atoms with E-state index in [1.54, 1.807) is 36.4 Å². The Morgan fingerprint density at radius 2 is 1.84 bits per heavy atom.